The fourth-order valence-corrected chi connectivity index (χ4v) is 3.05. The van der Waals surface area contributed by atoms with Gasteiger partial charge in [-0.3, -0.25) is 14.3 Å². The van der Waals surface area contributed by atoms with Gasteiger partial charge < -0.3 is 10.1 Å². The minimum Gasteiger partial charge on any atom is -0.469 e. The third-order valence-electron chi connectivity index (χ3n) is 4.60. The van der Waals surface area contributed by atoms with E-state index >= 15 is 0 Å². The lowest BCUT2D eigenvalue weighted by atomic mass is 10.1. The van der Waals surface area contributed by atoms with Gasteiger partial charge in [-0.2, -0.15) is 5.10 Å². The molecule has 2 aromatic carbocycles. The van der Waals surface area contributed by atoms with E-state index in [-0.39, 0.29) is 24.3 Å². The van der Waals surface area contributed by atoms with Gasteiger partial charge in [-0.05, 0) is 19.4 Å². The second kappa shape index (κ2) is 9.19. The highest BCUT2D eigenvalue weighted by molar-refractivity contribution is 6.00. The van der Waals surface area contributed by atoms with Crippen molar-refractivity contribution in [2.75, 3.05) is 7.11 Å². The first kappa shape index (κ1) is 20.3. The summed E-state index contributed by atoms with van der Waals surface area (Å²) in [4.78, 5) is 24.4. The number of benzene rings is 2. The third kappa shape index (κ3) is 5.31. The zero-order valence-electron chi connectivity index (χ0n) is 16.9. The fourth-order valence-electron chi connectivity index (χ4n) is 3.05. The monoisotopic (exact) mass is 391 g/mol. The van der Waals surface area contributed by atoms with Gasteiger partial charge in [0, 0.05) is 17.8 Å². The van der Waals surface area contributed by atoms with Gasteiger partial charge in [-0.1, -0.05) is 60.2 Å². The molecule has 0 aliphatic rings. The fraction of sp³-hybridized carbons (Fsp3) is 0.261. The van der Waals surface area contributed by atoms with Crippen LogP contribution in [0.1, 0.15) is 34.8 Å². The number of rotatable bonds is 7. The van der Waals surface area contributed by atoms with Crippen molar-refractivity contribution in [2.24, 2.45) is 0 Å². The first-order valence-corrected chi connectivity index (χ1v) is 9.52. The lowest BCUT2D eigenvalue weighted by Gasteiger charge is -2.12. The number of ether oxygens (including phenoxy) is 1. The molecule has 1 aromatic heterocycles. The Hall–Kier alpha value is -3.41. The largest absolute Gasteiger partial charge is 0.469 e. The summed E-state index contributed by atoms with van der Waals surface area (Å²) >= 11 is 0. The average Bonchev–Trinajstić information content (AvgIpc) is 3.13. The van der Waals surface area contributed by atoms with Gasteiger partial charge in [0.1, 0.15) is 5.69 Å². The lowest BCUT2D eigenvalue weighted by molar-refractivity contribution is -0.141. The Bertz CT molecular complexity index is 978. The van der Waals surface area contributed by atoms with Crippen molar-refractivity contribution in [3.05, 3.63) is 77.5 Å². The predicted molar refractivity (Wildman–Crippen MR) is 112 cm³/mol. The minimum atomic E-state index is -0.365. The van der Waals surface area contributed by atoms with Crippen molar-refractivity contribution in [3.8, 4) is 11.3 Å². The molecule has 0 saturated heterocycles. The smallest absolute Gasteiger partial charge is 0.307 e. The van der Waals surface area contributed by atoms with E-state index in [1.165, 1.54) is 7.11 Å². The SMILES string of the molecule is COC(=O)CC(C)NC(=O)c1cn(Cc2ccccc2)nc1-c1ccc(C)cc1. The standard InChI is InChI=1S/C23H25N3O3/c1-16-9-11-19(12-10-16)22-20(23(28)24-17(2)13-21(27)29-3)15-26(25-22)14-18-7-5-4-6-8-18/h4-12,15,17H,13-14H2,1-3H3,(H,24,28). The summed E-state index contributed by atoms with van der Waals surface area (Å²) in [6.07, 6.45) is 1.86. The van der Waals surface area contributed by atoms with Crippen molar-refractivity contribution >= 4 is 11.9 Å². The highest BCUT2D eigenvalue weighted by atomic mass is 16.5. The molecule has 0 radical (unpaired) electrons. The second-order valence-electron chi connectivity index (χ2n) is 7.10. The van der Waals surface area contributed by atoms with E-state index in [9.17, 15) is 9.59 Å². The molecule has 6 nitrogen and oxygen atoms in total. The molecule has 6 heteroatoms. The van der Waals surface area contributed by atoms with Crippen LogP contribution in [0.25, 0.3) is 11.3 Å². The number of carbonyl (C=O) groups is 2. The normalized spacial score (nSPS) is 11.7. The highest BCUT2D eigenvalue weighted by Gasteiger charge is 2.20. The van der Waals surface area contributed by atoms with E-state index in [0.717, 1.165) is 16.7 Å². The number of nitrogens with one attached hydrogen (secondary N) is 1. The van der Waals surface area contributed by atoms with Gasteiger partial charge in [0.15, 0.2) is 0 Å². The molecule has 3 rings (SSSR count). The van der Waals surface area contributed by atoms with Crippen LogP contribution < -0.4 is 5.32 Å². The third-order valence-corrected chi connectivity index (χ3v) is 4.60. The first-order chi connectivity index (χ1) is 14.0. The Morgan fingerprint density at radius 1 is 1.10 bits per heavy atom. The molecular formula is C23H25N3O3. The Labute approximate surface area is 170 Å². The summed E-state index contributed by atoms with van der Waals surface area (Å²) in [5.41, 5.74) is 4.19. The number of amides is 1. The molecule has 1 amide bonds. The molecule has 1 atom stereocenters. The van der Waals surface area contributed by atoms with Crippen LogP contribution in [0.15, 0.2) is 60.8 Å². The Kier molecular flexibility index (Phi) is 6.44. The van der Waals surface area contributed by atoms with Crippen LogP contribution in [0.4, 0.5) is 0 Å². The molecule has 29 heavy (non-hydrogen) atoms. The van der Waals surface area contributed by atoms with Gasteiger partial charge in [0.05, 0.1) is 25.6 Å². The Morgan fingerprint density at radius 3 is 2.45 bits per heavy atom. The minimum absolute atomic E-state index is 0.111. The van der Waals surface area contributed by atoms with E-state index in [0.29, 0.717) is 17.8 Å². The molecule has 150 valence electrons. The molecule has 0 spiro atoms. The van der Waals surface area contributed by atoms with Crippen molar-refractivity contribution < 1.29 is 14.3 Å². The molecular weight excluding hydrogens is 366 g/mol. The highest BCUT2D eigenvalue weighted by Crippen LogP contribution is 2.23. The van der Waals surface area contributed by atoms with Gasteiger partial charge in [0.2, 0.25) is 0 Å². The van der Waals surface area contributed by atoms with Crippen LogP contribution >= 0.6 is 0 Å². The van der Waals surface area contributed by atoms with Crippen molar-refractivity contribution in [2.45, 2.75) is 32.9 Å². The van der Waals surface area contributed by atoms with E-state index in [1.807, 2.05) is 61.5 Å². The lowest BCUT2D eigenvalue weighted by Crippen LogP contribution is -2.34. The molecule has 0 aliphatic heterocycles. The zero-order valence-corrected chi connectivity index (χ0v) is 16.9. The van der Waals surface area contributed by atoms with E-state index in [1.54, 1.807) is 17.8 Å². The van der Waals surface area contributed by atoms with Crippen molar-refractivity contribution in [3.63, 3.8) is 0 Å². The van der Waals surface area contributed by atoms with Crippen LogP contribution in [0.3, 0.4) is 0 Å². The summed E-state index contributed by atoms with van der Waals surface area (Å²) in [6, 6.07) is 17.5. The van der Waals surface area contributed by atoms with Crippen LogP contribution in [-0.4, -0.2) is 34.8 Å². The summed E-state index contributed by atoms with van der Waals surface area (Å²) in [6.45, 7) is 4.35. The van der Waals surface area contributed by atoms with Crippen LogP contribution in [0, 0.1) is 6.92 Å². The van der Waals surface area contributed by atoms with Gasteiger partial charge >= 0.3 is 5.97 Å². The number of hydrogen-bond acceptors (Lipinski definition) is 4. The van der Waals surface area contributed by atoms with Gasteiger partial charge in [-0.15, -0.1) is 0 Å². The van der Waals surface area contributed by atoms with Crippen molar-refractivity contribution in [1.82, 2.24) is 15.1 Å². The number of aromatic nitrogens is 2. The maximum absolute atomic E-state index is 12.9. The molecule has 0 saturated carbocycles. The number of hydrogen-bond donors (Lipinski definition) is 1. The molecule has 0 fully saturated rings. The summed E-state index contributed by atoms with van der Waals surface area (Å²) in [5, 5.41) is 7.54. The topological polar surface area (TPSA) is 73.2 Å². The summed E-state index contributed by atoms with van der Waals surface area (Å²) in [5.74, 6) is -0.632. The maximum atomic E-state index is 12.9. The first-order valence-electron chi connectivity index (χ1n) is 9.52. The quantitative estimate of drug-likeness (QED) is 0.625. The molecule has 1 heterocycles. The number of esters is 1. The Morgan fingerprint density at radius 2 is 1.79 bits per heavy atom. The molecule has 1 unspecified atom stereocenters. The zero-order chi connectivity index (χ0) is 20.8. The predicted octanol–water partition coefficient (Wildman–Crippen LogP) is 3.59. The maximum Gasteiger partial charge on any atom is 0.307 e. The molecule has 1 N–H and O–H groups in total. The molecule has 0 bridgehead atoms. The number of aryl methyl sites for hydroxylation is 1. The van der Waals surface area contributed by atoms with E-state index < -0.39 is 0 Å². The summed E-state index contributed by atoms with van der Waals surface area (Å²) < 4.78 is 6.44. The molecule has 3 aromatic rings. The van der Waals surface area contributed by atoms with E-state index in [2.05, 4.69) is 15.2 Å². The molecule has 0 aliphatic carbocycles. The second-order valence-corrected chi connectivity index (χ2v) is 7.10. The average molecular weight is 391 g/mol. The van der Waals surface area contributed by atoms with Gasteiger partial charge in [0.25, 0.3) is 5.91 Å². The summed E-state index contributed by atoms with van der Waals surface area (Å²) in [7, 11) is 1.33. The van der Waals surface area contributed by atoms with Crippen LogP contribution in [0.2, 0.25) is 0 Å². The number of nitrogens with zero attached hydrogens (tertiary/aromatic N) is 2. The van der Waals surface area contributed by atoms with Crippen LogP contribution in [-0.2, 0) is 16.1 Å². The number of carbonyl (C=O) groups excluding carboxylic acids is 2. The Balaban J connectivity index is 1.89. The van der Waals surface area contributed by atoms with E-state index in [4.69, 9.17) is 0 Å². The van der Waals surface area contributed by atoms with Gasteiger partial charge in [-0.25, -0.2) is 0 Å². The van der Waals surface area contributed by atoms with Crippen LogP contribution in [0.5, 0.6) is 0 Å². The van der Waals surface area contributed by atoms with Crippen molar-refractivity contribution in [1.29, 1.82) is 0 Å². The number of methoxy groups -OCH3 is 1.